The van der Waals surface area contributed by atoms with E-state index < -0.39 is 35.8 Å². The Bertz CT molecular complexity index is 1240. The van der Waals surface area contributed by atoms with E-state index in [1.54, 1.807) is 20.8 Å². The van der Waals surface area contributed by atoms with Gasteiger partial charge in [0.15, 0.2) is 0 Å². The van der Waals surface area contributed by atoms with Gasteiger partial charge in [-0.2, -0.15) is 0 Å². The Kier molecular flexibility index (Phi) is 9.81. The molecule has 2 atom stereocenters. The molecule has 38 heavy (non-hydrogen) atoms. The summed E-state index contributed by atoms with van der Waals surface area (Å²) < 4.78 is 10.7. The molecule has 1 unspecified atom stereocenters. The van der Waals surface area contributed by atoms with Crippen LogP contribution in [-0.2, 0) is 27.3 Å². The minimum absolute atomic E-state index is 0.00518. The summed E-state index contributed by atoms with van der Waals surface area (Å²) in [5.41, 5.74) is 6.19. The Morgan fingerprint density at radius 3 is 2.26 bits per heavy atom. The highest BCUT2D eigenvalue weighted by Crippen LogP contribution is 2.18. The average Bonchev–Trinajstić information content (AvgIpc) is 2.89. The van der Waals surface area contributed by atoms with Crippen LogP contribution in [0.25, 0.3) is 10.8 Å². The van der Waals surface area contributed by atoms with Gasteiger partial charge in [-0.05, 0) is 42.7 Å². The quantitative estimate of drug-likeness (QED) is 0.391. The summed E-state index contributed by atoms with van der Waals surface area (Å²) in [5, 5.41) is 14.8. The molecule has 4 N–H and O–H groups in total. The van der Waals surface area contributed by atoms with Gasteiger partial charge in [-0.25, -0.2) is 14.5 Å². The maximum Gasteiger partial charge on any atom is 0.417 e. The van der Waals surface area contributed by atoms with Crippen molar-refractivity contribution in [3.8, 4) is 0 Å². The lowest BCUT2D eigenvalue weighted by Gasteiger charge is -2.30. The second-order valence-corrected chi connectivity index (χ2v) is 9.96. The number of benzene rings is 3. The molecule has 3 aromatic carbocycles. The van der Waals surface area contributed by atoms with Gasteiger partial charge in [0.05, 0.1) is 12.6 Å². The van der Waals surface area contributed by atoms with Crippen LogP contribution in [0, 0.1) is 0 Å². The molecule has 0 radical (unpaired) electrons. The van der Waals surface area contributed by atoms with Gasteiger partial charge in [-0.3, -0.25) is 4.79 Å². The van der Waals surface area contributed by atoms with Gasteiger partial charge in [0.25, 0.3) is 5.91 Å². The Labute approximate surface area is 222 Å². The summed E-state index contributed by atoms with van der Waals surface area (Å²) in [6.07, 6.45) is -2.87. The van der Waals surface area contributed by atoms with Crippen molar-refractivity contribution in [2.24, 2.45) is 5.73 Å². The summed E-state index contributed by atoms with van der Waals surface area (Å²) in [7, 11) is 0. The van der Waals surface area contributed by atoms with Crippen molar-refractivity contribution in [3.05, 3.63) is 83.9 Å². The van der Waals surface area contributed by atoms with Crippen molar-refractivity contribution >= 4 is 28.9 Å². The molecule has 0 bridgehead atoms. The molecule has 3 rings (SSSR count). The normalized spacial score (nSPS) is 12.9. The number of imide groups is 1. The van der Waals surface area contributed by atoms with E-state index in [1.807, 2.05) is 72.8 Å². The van der Waals surface area contributed by atoms with Crippen LogP contribution in [0.4, 0.5) is 9.59 Å². The number of fused-ring (bicyclic) bond motifs is 1. The third-order valence-electron chi connectivity index (χ3n) is 5.60. The smallest absolute Gasteiger partial charge is 0.417 e. The fourth-order valence-electron chi connectivity index (χ4n) is 3.75. The molecule has 0 aromatic heterocycles. The number of nitrogens with two attached hydrogens (primary N) is 1. The first-order chi connectivity index (χ1) is 18.1. The van der Waals surface area contributed by atoms with E-state index in [0.717, 1.165) is 26.8 Å². The van der Waals surface area contributed by atoms with Crippen LogP contribution in [-0.4, -0.2) is 58.9 Å². The third kappa shape index (κ3) is 8.57. The van der Waals surface area contributed by atoms with Crippen LogP contribution in [0.5, 0.6) is 0 Å². The first-order valence-corrected chi connectivity index (χ1v) is 12.4. The largest absolute Gasteiger partial charge is 0.445 e. The van der Waals surface area contributed by atoms with Crippen LogP contribution in [0.1, 0.15) is 31.9 Å². The minimum atomic E-state index is -1.18. The van der Waals surface area contributed by atoms with Crippen molar-refractivity contribution in [3.63, 3.8) is 0 Å². The van der Waals surface area contributed by atoms with Gasteiger partial charge in [0.1, 0.15) is 18.2 Å². The number of nitrogens with one attached hydrogen (secondary N) is 1. The van der Waals surface area contributed by atoms with Gasteiger partial charge in [-0.15, -0.1) is 0 Å². The molecule has 0 aliphatic rings. The predicted molar refractivity (Wildman–Crippen MR) is 144 cm³/mol. The van der Waals surface area contributed by atoms with Gasteiger partial charge >= 0.3 is 12.2 Å². The monoisotopic (exact) mass is 521 g/mol. The highest BCUT2D eigenvalue weighted by molar-refractivity contribution is 5.97. The maximum atomic E-state index is 13.7. The number of hydrogen-bond donors (Lipinski definition) is 3. The number of ether oxygens (including phenoxy) is 2. The van der Waals surface area contributed by atoms with Gasteiger partial charge in [-0.1, -0.05) is 72.8 Å². The number of nitrogens with zero attached hydrogens (tertiary/aromatic N) is 1. The van der Waals surface area contributed by atoms with Crippen molar-refractivity contribution in [2.75, 3.05) is 13.1 Å². The number of carbonyl (C=O) groups excluding carboxylic acids is 3. The number of aliphatic hydroxyl groups is 1. The summed E-state index contributed by atoms with van der Waals surface area (Å²) in [6, 6.07) is 21.4. The number of amides is 3. The number of alkyl carbamates (subject to hydrolysis) is 1. The molecular formula is C29H35N3O6. The molecule has 0 spiro atoms. The molecule has 0 saturated heterocycles. The SMILES string of the molecule is CC(C)(C)OC(=O)N(CC(O)CN)C(=O)[C@@H](Cc1ccc2ccccc2c1)NC(=O)OCc1ccccc1. The summed E-state index contributed by atoms with van der Waals surface area (Å²) in [4.78, 5) is 40.2. The first kappa shape index (κ1) is 28.6. The van der Waals surface area contributed by atoms with Crippen LogP contribution in [0.2, 0.25) is 0 Å². The Balaban J connectivity index is 1.87. The molecule has 0 heterocycles. The summed E-state index contributed by atoms with van der Waals surface area (Å²) in [6.45, 7) is 4.44. The van der Waals surface area contributed by atoms with Crippen molar-refractivity contribution < 1.29 is 29.0 Å². The molecule has 0 aliphatic carbocycles. The van der Waals surface area contributed by atoms with E-state index in [-0.39, 0.29) is 26.1 Å². The zero-order valence-electron chi connectivity index (χ0n) is 21.9. The molecule has 9 nitrogen and oxygen atoms in total. The average molecular weight is 522 g/mol. The Morgan fingerprint density at radius 1 is 0.947 bits per heavy atom. The number of carbonyl (C=O) groups is 3. The number of hydrogen-bond acceptors (Lipinski definition) is 7. The second kappa shape index (κ2) is 13.0. The Hall–Kier alpha value is -3.95. The lowest BCUT2D eigenvalue weighted by molar-refractivity contribution is -0.133. The van der Waals surface area contributed by atoms with Crippen LogP contribution in [0.3, 0.4) is 0 Å². The summed E-state index contributed by atoms with van der Waals surface area (Å²) in [5.74, 6) is -0.753. The standard InChI is InChI=1S/C29H35N3O6/c1-29(2,3)38-28(36)32(18-24(33)17-30)26(34)25(31-27(35)37-19-20-9-5-4-6-10-20)16-21-13-14-22-11-7-8-12-23(22)15-21/h4-15,24-25,33H,16-19,30H2,1-3H3,(H,31,35)/t24?,25-/m1/s1. The fourth-order valence-corrected chi connectivity index (χ4v) is 3.75. The Morgan fingerprint density at radius 2 is 1.61 bits per heavy atom. The highest BCUT2D eigenvalue weighted by Gasteiger charge is 2.34. The maximum absolute atomic E-state index is 13.7. The fraction of sp³-hybridized carbons (Fsp3) is 0.345. The van der Waals surface area contributed by atoms with Gasteiger partial charge in [0.2, 0.25) is 0 Å². The third-order valence-corrected chi connectivity index (χ3v) is 5.60. The van der Waals surface area contributed by atoms with E-state index in [1.165, 1.54) is 0 Å². The van der Waals surface area contributed by atoms with E-state index >= 15 is 0 Å². The molecule has 0 fully saturated rings. The van der Waals surface area contributed by atoms with Crippen LogP contribution in [0.15, 0.2) is 72.8 Å². The topological polar surface area (TPSA) is 131 Å². The zero-order chi connectivity index (χ0) is 27.7. The molecule has 9 heteroatoms. The predicted octanol–water partition coefficient (Wildman–Crippen LogP) is 3.76. The van der Waals surface area contributed by atoms with Crippen molar-refractivity contribution in [2.45, 2.75) is 51.5 Å². The summed E-state index contributed by atoms with van der Waals surface area (Å²) >= 11 is 0. The van der Waals surface area contributed by atoms with Gasteiger partial charge in [0, 0.05) is 13.0 Å². The number of rotatable bonds is 9. The second-order valence-electron chi connectivity index (χ2n) is 9.96. The highest BCUT2D eigenvalue weighted by atomic mass is 16.6. The number of aliphatic hydroxyl groups excluding tert-OH is 1. The lowest BCUT2D eigenvalue weighted by atomic mass is 10.0. The lowest BCUT2D eigenvalue weighted by Crippen LogP contribution is -2.54. The molecule has 0 aliphatic heterocycles. The van der Waals surface area contributed by atoms with Gasteiger partial charge < -0.3 is 25.6 Å². The van der Waals surface area contributed by atoms with E-state index in [9.17, 15) is 19.5 Å². The van der Waals surface area contributed by atoms with E-state index in [4.69, 9.17) is 15.2 Å². The molecular weight excluding hydrogens is 486 g/mol. The zero-order valence-corrected chi connectivity index (χ0v) is 21.9. The van der Waals surface area contributed by atoms with Crippen molar-refractivity contribution in [1.29, 1.82) is 0 Å². The van der Waals surface area contributed by atoms with Crippen molar-refractivity contribution in [1.82, 2.24) is 10.2 Å². The van der Waals surface area contributed by atoms with E-state index in [0.29, 0.717) is 0 Å². The molecule has 3 aromatic rings. The van der Waals surface area contributed by atoms with Crippen LogP contribution < -0.4 is 11.1 Å². The molecule has 3 amide bonds. The minimum Gasteiger partial charge on any atom is -0.445 e. The molecule has 0 saturated carbocycles. The van der Waals surface area contributed by atoms with Crippen LogP contribution >= 0.6 is 0 Å². The molecule has 202 valence electrons. The van der Waals surface area contributed by atoms with E-state index in [2.05, 4.69) is 5.32 Å². The first-order valence-electron chi connectivity index (χ1n) is 12.4.